The van der Waals surface area contributed by atoms with Crippen LogP contribution in [-0.2, 0) is 11.3 Å². The quantitative estimate of drug-likeness (QED) is 0.440. The summed E-state index contributed by atoms with van der Waals surface area (Å²) in [7, 11) is 0. The second-order valence-corrected chi connectivity index (χ2v) is 6.14. The molecule has 0 aliphatic heterocycles. The van der Waals surface area contributed by atoms with Gasteiger partial charge in [-0.2, -0.15) is 0 Å². The molecule has 0 radical (unpaired) electrons. The summed E-state index contributed by atoms with van der Waals surface area (Å²) >= 11 is 0. The minimum absolute atomic E-state index is 0.303. The Morgan fingerprint density at radius 3 is 2.56 bits per heavy atom. The highest BCUT2D eigenvalue weighted by Crippen LogP contribution is 2.27. The number of pyridine rings is 2. The molecule has 3 heterocycles. The van der Waals surface area contributed by atoms with Crippen LogP contribution in [0.4, 0.5) is 0 Å². The van der Waals surface area contributed by atoms with Crippen molar-refractivity contribution in [2.24, 2.45) is 0 Å². The average Bonchev–Trinajstić information content (AvgIpc) is 3.12. The molecule has 0 fully saturated rings. The van der Waals surface area contributed by atoms with Gasteiger partial charge in [-0.15, -0.1) is 0 Å². The Morgan fingerprint density at radius 2 is 1.78 bits per heavy atom. The van der Waals surface area contributed by atoms with Crippen LogP contribution in [0.3, 0.4) is 0 Å². The lowest BCUT2D eigenvalue weighted by Gasteiger charge is -2.07. The Labute approximate surface area is 156 Å². The van der Waals surface area contributed by atoms with Crippen molar-refractivity contribution >= 4 is 17.2 Å². The summed E-state index contributed by atoms with van der Waals surface area (Å²) in [6.07, 6.45) is 5.15. The van der Waals surface area contributed by atoms with E-state index in [9.17, 15) is 9.59 Å². The van der Waals surface area contributed by atoms with Crippen molar-refractivity contribution in [3.05, 3.63) is 96.6 Å². The number of benzene rings is 1. The summed E-state index contributed by atoms with van der Waals surface area (Å²) in [4.78, 5) is 29.7. The predicted octanol–water partition coefficient (Wildman–Crippen LogP) is 3.50. The molecule has 4 aromatic rings. The van der Waals surface area contributed by atoms with Crippen molar-refractivity contribution in [2.75, 3.05) is 0 Å². The highest BCUT2D eigenvalue weighted by molar-refractivity contribution is 6.43. The number of rotatable bonds is 5. The zero-order valence-electron chi connectivity index (χ0n) is 14.5. The molecule has 0 bridgehead atoms. The zero-order chi connectivity index (χ0) is 18.6. The van der Waals surface area contributed by atoms with Crippen molar-refractivity contribution in [3.8, 4) is 11.1 Å². The van der Waals surface area contributed by atoms with Gasteiger partial charge in [0.1, 0.15) is 5.69 Å². The molecule has 0 spiro atoms. The van der Waals surface area contributed by atoms with Gasteiger partial charge < -0.3 is 9.72 Å². The van der Waals surface area contributed by atoms with Gasteiger partial charge in [-0.25, -0.2) is 0 Å². The van der Waals surface area contributed by atoms with Gasteiger partial charge >= 0.3 is 0 Å². The normalized spacial score (nSPS) is 10.7. The fraction of sp³-hybridized carbons (Fsp3) is 0.0455. The second kappa shape index (κ2) is 7.25. The molecule has 0 aliphatic rings. The summed E-state index contributed by atoms with van der Waals surface area (Å²) in [5.41, 5.74) is 3.60. The molecular formula is C22H17N3O2. The molecule has 0 aliphatic carbocycles. The molecule has 1 aromatic carbocycles. The minimum atomic E-state index is -0.632. The van der Waals surface area contributed by atoms with Crippen LogP contribution in [-0.4, -0.2) is 21.1 Å². The van der Waals surface area contributed by atoms with E-state index in [4.69, 9.17) is 0 Å². The number of carbonyl (C=O) groups excluding carboxylic acids is 2. The summed E-state index contributed by atoms with van der Waals surface area (Å²) in [6, 6.07) is 20.7. The van der Waals surface area contributed by atoms with Crippen LogP contribution < -0.4 is 5.32 Å². The average molecular weight is 355 g/mol. The standard InChI is InChI=1S/C22H17N3O2/c26-21(22(27)24-14-16-7-2-1-3-8-16)20-19(17-9-6-11-23-15-17)13-18-10-4-5-12-25(18)20/h1-13,15H,14H2,(H,24,27). The van der Waals surface area contributed by atoms with Gasteiger partial charge in [0.2, 0.25) is 0 Å². The molecule has 5 heteroatoms. The van der Waals surface area contributed by atoms with E-state index in [1.807, 2.05) is 60.7 Å². The maximum Gasteiger partial charge on any atom is 0.294 e. The number of carbonyl (C=O) groups is 2. The molecule has 0 saturated heterocycles. The third-order valence-electron chi connectivity index (χ3n) is 4.37. The Bertz CT molecular complexity index is 1100. The van der Waals surface area contributed by atoms with E-state index in [1.165, 1.54) is 0 Å². The molecule has 1 amide bonds. The highest BCUT2D eigenvalue weighted by atomic mass is 16.2. The summed E-state index contributed by atoms with van der Waals surface area (Å²) in [5, 5.41) is 2.71. The number of aromatic nitrogens is 2. The van der Waals surface area contributed by atoms with E-state index in [0.717, 1.165) is 16.6 Å². The van der Waals surface area contributed by atoms with Gasteiger partial charge in [-0.3, -0.25) is 14.6 Å². The Morgan fingerprint density at radius 1 is 0.963 bits per heavy atom. The molecule has 5 nitrogen and oxygen atoms in total. The van der Waals surface area contributed by atoms with Gasteiger partial charge in [-0.1, -0.05) is 42.5 Å². The first-order valence-electron chi connectivity index (χ1n) is 8.61. The molecule has 0 atom stereocenters. The van der Waals surface area contributed by atoms with E-state index in [1.54, 1.807) is 29.1 Å². The lowest BCUT2D eigenvalue weighted by molar-refractivity contribution is -0.117. The van der Waals surface area contributed by atoms with Gasteiger partial charge in [0.15, 0.2) is 0 Å². The molecule has 4 rings (SSSR count). The van der Waals surface area contributed by atoms with Crippen LogP contribution in [0.1, 0.15) is 16.1 Å². The fourth-order valence-corrected chi connectivity index (χ4v) is 3.06. The van der Waals surface area contributed by atoms with E-state index in [2.05, 4.69) is 10.3 Å². The van der Waals surface area contributed by atoms with Gasteiger partial charge in [0.25, 0.3) is 11.7 Å². The Hall–Kier alpha value is -3.73. The smallest absolute Gasteiger partial charge is 0.294 e. The van der Waals surface area contributed by atoms with Crippen LogP contribution in [0.15, 0.2) is 85.3 Å². The number of nitrogens with zero attached hydrogens (tertiary/aromatic N) is 2. The minimum Gasteiger partial charge on any atom is -0.345 e. The number of hydrogen-bond acceptors (Lipinski definition) is 3. The van der Waals surface area contributed by atoms with Crippen molar-refractivity contribution in [1.82, 2.24) is 14.7 Å². The lowest BCUT2D eigenvalue weighted by Crippen LogP contribution is -2.31. The first-order valence-corrected chi connectivity index (χ1v) is 8.61. The first kappa shape index (κ1) is 16.7. The van der Waals surface area contributed by atoms with E-state index in [0.29, 0.717) is 17.8 Å². The van der Waals surface area contributed by atoms with Crippen molar-refractivity contribution in [1.29, 1.82) is 0 Å². The maximum absolute atomic E-state index is 13.0. The van der Waals surface area contributed by atoms with Crippen LogP contribution in [0, 0.1) is 0 Å². The number of hydrogen-bond donors (Lipinski definition) is 1. The summed E-state index contributed by atoms with van der Waals surface area (Å²) in [5.74, 6) is -1.20. The molecule has 0 unspecified atom stereocenters. The first-order chi connectivity index (χ1) is 13.2. The van der Waals surface area contributed by atoms with E-state index in [-0.39, 0.29) is 0 Å². The number of nitrogens with one attached hydrogen (secondary N) is 1. The Balaban J connectivity index is 1.69. The lowest BCUT2D eigenvalue weighted by atomic mass is 10.1. The van der Waals surface area contributed by atoms with E-state index < -0.39 is 11.7 Å². The summed E-state index contributed by atoms with van der Waals surface area (Å²) < 4.78 is 1.74. The number of Topliss-reactive ketones (excluding diaryl/α,β-unsaturated/α-hetero) is 1. The number of amides is 1. The van der Waals surface area contributed by atoms with Crippen LogP contribution in [0.2, 0.25) is 0 Å². The van der Waals surface area contributed by atoms with Crippen LogP contribution in [0.25, 0.3) is 16.6 Å². The zero-order valence-corrected chi connectivity index (χ0v) is 14.5. The van der Waals surface area contributed by atoms with Crippen LogP contribution in [0.5, 0.6) is 0 Å². The number of ketones is 1. The maximum atomic E-state index is 13.0. The monoisotopic (exact) mass is 355 g/mol. The number of fused-ring (bicyclic) bond motifs is 1. The van der Waals surface area contributed by atoms with E-state index >= 15 is 0 Å². The molecule has 132 valence electrons. The SMILES string of the molecule is O=C(NCc1ccccc1)C(=O)c1c(-c2cccnc2)cc2ccccn12. The van der Waals surface area contributed by atoms with Crippen molar-refractivity contribution in [2.45, 2.75) is 6.54 Å². The van der Waals surface area contributed by atoms with Crippen molar-refractivity contribution in [3.63, 3.8) is 0 Å². The van der Waals surface area contributed by atoms with Crippen LogP contribution >= 0.6 is 0 Å². The largest absolute Gasteiger partial charge is 0.345 e. The van der Waals surface area contributed by atoms with Gasteiger partial charge in [0.05, 0.1) is 0 Å². The fourth-order valence-electron chi connectivity index (χ4n) is 3.06. The third-order valence-corrected chi connectivity index (χ3v) is 4.37. The summed E-state index contributed by atoms with van der Waals surface area (Å²) in [6.45, 7) is 0.303. The molecule has 27 heavy (non-hydrogen) atoms. The highest BCUT2D eigenvalue weighted by Gasteiger charge is 2.24. The second-order valence-electron chi connectivity index (χ2n) is 6.14. The molecule has 1 N–H and O–H groups in total. The molecule has 0 saturated carbocycles. The van der Waals surface area contributed by atoms with Crippen molar-refractivity contribution < 1.29 is 9.59 Å². The molecular weight excluding hydrogens is 338 g/mol. The van der Waals surface area contributed by atoms with Gasteiger partial charge in [0, 0.05) is 41.8 Å². The topological polar surface area (TPSA) is 63.5 Å². The van der Waals surface area contributed by atoms with Gasteiger partial charge in [-0.05, 0) is 29.8 Å². The Kier molecular flexibility index (Phi) is 4.49. The molecule has 3 aromatic heterocycles. The third kappa shape index (κ3) is 3.35. The predicted molar refractivity (Wildman–Crippen MR) is 103 cm³/mol.